The molecule has 1 aliphatic rings. The number of hydrazone groups is 1. The number of aliphatic hydroxyl groups is 1. The highest BCUT2D eigenvalue weighted by Gasteiger charge is 2.22. The Morgan fingerprint density at radius 1 is 1.21 bits per heavy atom. The number of benzene rings is 2. The highest BCUT2D eigenvalue weighted by atomic mass is 35.5. The molecule has 42 heavy (non-hydrogen) atoms. The molecule has 1 amide bonds. The Hall–Kier alpha value is -4.44. The first-order chi connectivity index (χ1) is 19.8. The predicted molar refractivity (Wildman–Crippen MR) is 158 cm³/mol. The van der Waals surface area contributed by atoms with E-state index in [9.17, 15) is 19.5 Å². The summed E-state index contributed by atoms with van der Waals surface area (Å²) in [7, 11) is 0. The molecular weight excluding hydrogens is 566 g/mol. The fourth-order valence-electron chi connectivity index (χ4n) is 3.64. The lowest BCUT2D eigenvalue weighted by molar-refractivity contribution is -0.134. The molecular formula is C29H34ClN5O7. The molecule has 224 valence electrons. The average Bonchev–Trinajstić information content (AvgIpc) is 2.94. The summed E-state index contributed by atoms with van der Waals surface area (Å²) in [5.41, 5.74) is 5.43. The van der Waals surface area contributed by atoms with Gasteiger partial charge in [0.2, 0.25) is 5.91 Å². The van der Waals surface area contributed by atoms with Crippen LogP contribution in [0.2, 0.25) is 5.02 Å². The SMILES string of the molecule is CC1CC(=O)NN=C1c1ccc(NCC(C)(C)NCC(O)COc2cc(Cl)ccc2C#N)cc1.O=C(O)/C=C\C(=O)O. The van der Waals surface area contributed by atoms with Crippen LogP contribution in [0.4, 0.5) is 5.69 Å². The first kappa shape index (κ1) is 33.8. The zero-order valence-electron chi connectivity index (χ0n) is 23.4. The molecule has 12 nitrogen and oxygen atoms in total. The van der Waals surface area contributed by atoms with Crippen molar-refractivity contribution in [2.24, 2.45) is 11.0 Å². The maximum Gasteiger partial charge on any atom is 0.328 e. The third kappa shape index (κ3) is 12.0. The standard InChI is InChI=1S/C25H30ClN5O3.C4H4O4/c1-16-10-23(33)30-31-24(16)17-5-8-20(9-6-17)28-15-25(2,3)29-13-21(32)14-34-22-11-19(26)7-4-18(22)12-27;5-3(6)1-2-4(7)8/h4-9,11,16,21,28-29,32H,10,13-15H2,1-3H3,(H,30,33);1-2H,(H,5,6)(H,7,8)/b;2-1-. The molecule has 0 saturated carbocycles. The summed E-state index contributed by atoms with van der Waals surface area (Å²) in [5, 5.41) is 46.5. The van der Waals surface area contributed by atoms with Crippen LogP contribution in [0.1, 0.15) is 38.3 Å². The van der Waals surface area contributed by atoms with E-state index in [0.29, 0.717) is 48.0 Å². The molecule has 2 atom stereocenters. The Kier molecular flexibility index (Phi) is 13.0. The first-order valence-corrected chi connectivity index (χ1v) is 13.3. The van der Waals surface area contributed by atoms with Gasteiger partial charge < -0.3 is 30.7 Å². The van der Waals surface area contributed by atoms with E-state index in [-0.39, 0.29) is 24.0 Å². The van der Waals surface area contributed by atoms with Crippen molar-refractivity contribution in [2.75, 3.05) is 25.0 Å². The Labute approximate surface area is 248 Å². The minimum Gasteiger partial charge on any atom is -0.489 e. The van der Waals surface area contributed by atoms with E-state index in [1.807, 2.05) is 51.1 Å². The van der Waals surface area contributed by atoms with Crippen LogP contribution in [0, 0.1) is 17.2 Å². The van der Waals surface area contributed by atoms with E-state index >= 15 is 0 Å². The van der Waals surface area contributed by atoms with Crippen LogP contribution in [-0.2, 0) is 14.4 Å². The van der Waals surface area contributed by atoms with Crippen LogP contribution >= 0.6 is 11.6 Å². The topological polar surface area (TPSA) is 193 Å². The normalized spacial score (nSPS) is 15.4. The maximum atomic E-state index is 11.4. The maximum absolute atomic E-state index is 11.4. The summed E-state index contributed by atoms with van der Waals surface area (Å²) in [6.07, 6.45) is 0.793. The lowest BCUT2D eigenvalue weighted by Gasteiger charge is -2.28. The number of halogens is 1. The third-order valence-electron chi connectivity index (χ3n) is 5.85. The van der Waals surface area contributed by atoms with Gasteiger partial charge in [-0.25, -0.2) is 15.0 Å². The summed E-state index contributed by atoms with van der Waals surface area (Å²) in [6, 6.07) is 14.8. The third-order valence-corrected chi connectivity index (χ3v) is 6.09. The minimum atomic E-state index is -1.26. The summed E-state index contributed by atoms with van der Waals surface area (Å²) in [4.78, 5) is 30.6. The molecule has 0 fully saturated rings. The van der Waals surface area contributed by atoms with Crippen LogP contribution in [0.3, 0.4) is 0 Å². The Balaban J connectivity index is 0.000000675. The van der Waals surface area contributed by atoms with E-state index in [1.165, 1.54) is 0 Å². The highest BCUT2D eigenvalue weighted by Crippen LogP contribution is 2.23. The smallest absolute Gasteiger partial charge is 0.328 e. The molecule has 13 heteroatoms. The predicted octanol–water partition coefficient (Wildman–Crippen LogP) is 3.00. The largest absolute Gasteiger partial charge is 0.489 e. The van der Waals surface area contributed by atoms with Gasteiger partial charge in [0.25, 0.3) is 0 Å². The Bertz CT molecular complexity index is 1340. The van der Waals surface area contributed by atoms with Gasteiger partial charge in [0.05, 0.1) is 11.3 Å². The van der Waals surface area contributed by atoms with Crippen LogP contribution < -0.4 is 20.8 Å². The number of amides is 1. The fraction of sp³-hybridized carbons (Fsp3) is 0.345. The number of carboxylic acid groups (broad SMARTS) is 2. The van der Waals surface area contributed by atoms with Gasteiger partial charge in [0, 0.05) is 59.9 Å². The van der Waals surface area contributed by atoms with E-state index < -0.39 is 18.0 Å². The molecule has 0 saturated heterocycles. The molecule has 1 heterocycles. The van der Waals surface area contributed by atoms with Gasteiger partial charge in [-0.2, -0.15) is 10.4 Å². The lowest BCUT2D eigenvalue weighted by Crippen LogP contribution is -2.49. The molecule has 2 aromatic carbocycles. The number of anilines is 1. The van der Waals surface area contributed by atoms with Gasteiger partial charge >= 0.3 is 11.9 Å². The summed E-state index contributed by atoms with van der Waals surface area (Å²) in [6.45, 7) is 7.05. The van der Waals surface area contributed by atoms with E-state index in [4.69, 9.17) is 31.8 Å². The van der Waals surface area contributed by atoms with E-state index in [1.54, 1.807) is 18.2 Å². The van der Waals surface area contributed by atoms with Crippen molar-refractivity contribution >= 4 is 40.8 Å². The van der Waals surface area contributed by atoms with E-state index in [0.717, 1.165) is 17.0 Å². The highest BCUT2D eigenvalue weighted by molar-refractivity contribution is 6.30. The number of carbonyl (C=O) groups is 3. The molecule has 0 aromatic heterocycles. The molecule has 0 spiro atoms. The second kappa shape index (κ2) is 16.1. The van der Waals surface area contributed by atoms with Gasteiger partial charge in [-0.05, 0) is 43.7 Å². The Morgan fingerprint density at radius 2 is 1.86 bits per heavy atom. The van der Waals surface area contributed by atoms with Crippen molar-refractivity contribution in [3.63, 3.8) is 0 Å². The molecule has 0 radical (unpaired) electrons. The molecule has 1 aliphatic heterocycles. The van der Waals surface area contributed by atoms with Crippen LogP contribution in [0.15, 0.2) is 59.7 Å². The number of hydrogen-bond acceptors (Lipinski definition) is 9. The number of carbonyl (C=O) groups excluding carboxylic acids is 1. The van der Waals surface area contributed by atoms with Crippen molar-refractivity contribution in [2.45, 2.75) is 38.8 Å². The zero-order valence-corrected chi connectivity index (χ0v) is 24.2. The van der Waals surface area contributed by atoms with Crippen molar-refractivity contribution in [1.29, 1.82) is 5.26 Å². The number of aliphatic carboxylic acids is 2. The summed E-state index contributed by atoms with van der Waals surface area (Å²) in [5.74, 6) is -2.14. The summed E-state index contributed by atoms with van der Waals surface area (Å²) >= 11 is 5.96. The number of rotatable bonds is 12. The molecule has 0 bridgehead atoms. The Morgan fingerprint density at radius 3 is 2.43 bits per heavy atom. The van der Waals surface area contributed by atoms with Crippen LogP contribution in [0.25, 0.3) is 0 Å². The van der Waals surface area contributed by atoms with Gasteiger partial charge in [-0.15, -0.1) is 0 Å². The van der Waals surface area contributed by atoms with Gasteiger partial charge in [0.15, 0.2) is 0 Å². The zero-order chi connectivity index (χ0) is 31.3. The molecule has 6 N–H and O–H groups in total. The first-order valence-electron chi connectivity index (χ1n) is 12.9. The minimum absolute atomic E-state index is 0.0375. The van der Waals surface area contributed by atoms with Crippen molar-refractivity contribution in [3.8, 4) is 11.8 Å². The van der Waals surface area contributed by atoms with E-state index in [2.05, 4.69) is 21.2 Å². The number of β-amino-alcohol motifs (C(OH)–C–C–N with tert-alkyl or cyclic N) is 1. The quantitative estimate of drug-likeness (QED) is 0.197. The molecule has 3 rings (SSSR count). The lowest BCUT2D eigenvalue weighted by atomic mass is 9.94. The number of aliphatic hydroxyl groups excluding tert-OH is 1. The van der Waals surface area contributed by atoms with Crippen LogP contribution in [-0.4, -0.2) is 70.2 Å². The number of carboxylic acids is 2. The second-order valence-electron chi connectivity index (χ2n) is 10.1. The number of ether oxygens (including phenoxy) is 1. The van der Waals surface area contributed by atoms with Crippen molar-refractivity contribution in [1.82, 2.24) is 10.7 Å². The average molecular weight is 600 g/mol. The fourth-order valence-corrected chi connectivity index (χ4v) is 3.80. The second-order valence-corrected chi connectivity index (χ2v) is 10.5. The number of nitrogens with one attached hydrogen (secondary N) is 3. The number of nitriles is 1. The molecule has 0 aliphatic carbocycles. The number of hydrogen-bond donors (Lipinski definition) is 6. The van der Waals surface area contributed by atoms with Gasteiger partial charge in [-0.3, -0.25) is 4.79 Å². The van der Waals surface area contributed by atoms with Gasteiger partial charge in [-0.1, -0.05) is 30.7 Å². The monoisotopic (exact) mass is 599 g/mol. The van der Waals surface area contributed by atoms with Crippen molar-refractivity contribution < 1.29 is 34.4 Å². The van der Waals surface area contributed by atoms with Gasteiger partial charge in [0.1, 0.15) is 24.5 Å². The molecule has 2 aromatic rings. The van der Waals surface area contributed by atoms with Crippen LogP contribution in [0.5, 0.6) is 5.75 Å². The molecule has 2 unspecified atom stereocenters. The van der Waals surface area contributed by atoms with Crippen molar-refractivity contribution in [3.05, 3.63) is 70.8 Å². The summed E-state index contributed by atoms with van der Waals surface area (Å²) < 4.78 is 5.59. The number of nitrogens with zero attached hydrogens (tertiary/aromatic N) is 2.